The Morgan fingerprint density at radius 1 is 1.21 bits per heavy atom. The Morgan fingerprint density at radius 3 is 2.67 bits per heavy atom. The van der Waals surface area contributed by atoms with E-state index in [1.54, 1.807) is 0 Å². The largest absolute Gasteiger partial charge is 0.366 e. The first-order valence-corrected chi connectivity index (χ1v) is 8.64. The number of hydrogen-bond acceptors (Lipinski definition) is 6. The van der Waals surface area contributed by atoms with Crippen molar-refractivity contribution in [1.29, 1.82) is 0 Å². The zero-order valence-electron chi connectivity index (χ0n) is 14.5. The predicted molar refractivity (Wildman–Crippen MR) is 95.8 cm³/mol. The minimum atomic E-state index is 0.319. The fourth-order valence-electron chi connectivity index (χ4n) is 2.76. The summed E-state index contributed by atoms with van der Waals surface area (Å²) in [4.78, 5) is 15.8. The molecule has 0 aromatic carbocycles. The van der Waals surface area contributed by atoms with Crippen molar-refractivity contribution < 1.29 is 0 Å². The Kier molecular flexibility index (Phi) is 5.72. The lowest BCUT2D eigenvalue weighted by atomic mass is 10.2. The van der Waals surface area contributed by atoms with E-state index in [2.05, 4.69) is 39.3 Å². The smallest absolute Gasteiger partial charge is 0.134 e. The minimum Gasteiger partial charge on any atom is -0.366 e. The van der Waals surface area contributed by atoms with Crippen molar-refractivity contribution >= 4 is 5.82 Å². The number of piperazine rings is 1. The van der Waals surface area contributed by atoms with Gasteiger partial charge in [0.25, 0.3) is 0 Å². The van der Waals surface area contributed by atoms with E-state index in [0.717, 1.165) is 56.5 Å². The zero-order chi connectivity index (χ0) is 16.8. The van der Waals surface area contributed by atoms with Crippen LogP contribution in [0.2, 0.25) is 0 Å². The SMILES string of the molecule is CC(C)c1ncc(CN2CCNCC2)c(NCc2ccncc2)n1. The Labute approximate surface area is 143 Å². The van der Waals surface area contributed by atoms with Crippen LogP contribution in [0.15, 0.2) is 30.7 Å². The summed E-state index contributed by atoms with van der Waals surface area (Å²) in [5, 5.41) is 6.88. The Morgan fingerprint density at radius 2 is 1.96 bits per heavy atom. The van der Waals surface area contributed by atoms with Crippen LogP contribution in [0.25, 0.3) is 0 Å². The molecule has 2 N–H and O–H groups in total. The molecule has 0 radical (unpaired) electrons. The lowest BCUT2D eigenvalue weighted by Crippen LogP contribution is -2.43. The van der Waals surface area contributed by atoms with Crippen LogP contribution in [0.1, 0.15) is 36.7 Å². The highest BCUT2D eigenvalue weighted by atomic mass is 15.2. The van der Waals surface area contributed by atoms with Gasteiger partial charge in [-0.1, -0.05) is 13.8 Å². The second-order valence-corrected chi connectivity index (χ2v) is 6.49. The van der Waals surface area contributed by atoms with Crippen molar-refractivity contribution in [3.63, 3.8) is 0 Å². The molecule has 2 aromatic rings. The van der Waals surface area contributed by atoms with E-state index in [1.165, 1.54) is 5.56 Å². The fraction of sp³-hybridized carbons (Fsp3) is 0.500. The summed E-state index contributed by atoms with van der Waals surface area (Å²) in [6.07, 6.45) is 5.62. The summed E-state index contributed by atoms with van der Waals surface area (Å²) in [7, 11) is 0. The molecular formula is C18H26N6. The van der Waals surface area contributed by atoms with Crippen LogP contribution in [-0.4, -0.2) is 46.0 Å². The van der Waals surface area contributed by atoms with Crippen LogP contribution in [0, 0.1) is 0 Å². The molecule has 0 bridgehead atoms. The highest BCUT2D eigenvalue weighted by molar-refractivity contribution is 5.44. The number of pyridine rings is 1. The maximum absolute atomic E-state index is 4.77. The molecule has 3 rings (SSSR count). The predicted octanol–water partition coefficient (Wildman–Crippen LogP) is 2.01. The standard InChI is InChI=1S/C18H26N6/c1-14(2)17-22-12-16(13-24-9-7-20-8-10-24)18(23-17)21-11-15-3-5-19-6-4-15/h3-6,12,14,20H,7-11,13H2,1-2H3,(H,21,22,23). The van der Waals surface area contributed by atoms with Gasteiger partial charge in [-0.3, -0.25) is 9.88 Å². The highest BCUT2D eigenvalue weighted by Crippen LogP contribution is 2.19. The van der Waals surface area contributed by atoms with Crippen molar-refractivity contribution in [1.82, 2.24) is 25.2 Å². The van der Waals surface area contributed by atoms with E-state index < -0.39 is 0 Å². The molecule has 3 heterocycles. The lowest BCUT2D eigenvalue weighted by molar-refractivity contribution is 0.233. The summed E-state index contributed by atoms with van der Waals surface area (Å²) in [6.45, 7) is 10.1. The van der Waals surface area contributed by atoms with Crippen molar-refractivity contribution in [2.75, 3.05) is 31.5 Å². The molecule has 24 heavy (non-hydrogen) atoms. The van der Waals surface area contributed by atoms with Crippen molar-refractivity contribution in [3.8, 4) is 0 Å². The van der Waals surface area contributed by atoms with Gasteiger partial charge in [0.1, 0.15) is 11.6 Å². The van der Waals surface area contributed by atoms with Gasteiger partial charge >= 0.3 is 0 Å². The maximum atomic E-state index is 4.77. The summed E-state index contributed by atoms with van der Waals surface area (Å²) >= 11 is 0. The average molecular weight is 326 g/mol. The van der Waals surface area contributed by atoms with Crippen LogP contribution in [0.4, 0.5) is 5.82 Å². The van der Waals surface area contributed by atoms with Gasteiger partial charge in [0, 0.05) is 69.3 Å². The van der Waals surface area contributed by atoms with Crippen LogP contribution in [-0.2, 0) is 13.1 Å². The van der Waals surface area contributed by atoms with Gasteiger partial charge in [-0.05, 0) is 17.7 Å². The number of anilines is 1. The lowest BCUT2D eigenvalue weighted by Gasteiger charge is -2.27. The summed E-state index contributed by atoms with van der Waals surface area (Å²) < 4.78 is 0. The molecule has 0 unspecified atom stereocenters. The topological polar surface area (TPSA) is 66.0 Å². The zero-order valence-corrected chi connectivity index (χ0v) is 14.5. The number of nitrogens with one attached hydrogen (secondary N) is 2. The molecule has 1 saturated heterocycles. The average Bonchev–Trinajstić information content (AvgIpc) is 2.62. The second kappa shape index (κ2) is 8.17. The monoisotopic (exact) mass is 326 g/mol. The first kappa shape index (κ1) is 16.8. The van der Waals surface area contributed by atoms with Gasteiger partial charge < -0.3 is 10.6 Å². The Hall–Kier alpha value is -2.05. The molecule has 6 heteroatoms. The summed E-state index contributed by atoms with van der Waals surface area (Å²) in [5.41, 5.74) is 2.36. The van der Waals surface area contributed by atoms with Gasteiger partial charge in [-0.2, -0.15) is 0 Å². The molecule has 1 fully saturated rings. The normalized spacial score (nSPS) is 15.6. The molecule has 0 saturated carbocycles. The van der Waals surface area contributed by atoms with Gasteiger partial charge in [0.05, 0.1) is 0 Å². The summed E-state index contributed by atoms with van der Waals surface area (Å²) in [5.74, 6) is 2.15. The number of hydrogen-bond donors (Lipinski definition) is 2. The molecule has 0 spiro atoms. The van der Waals surface area contributed by atoms with E-state index in [4.69, 9.17) is 4.98 Å². The molecular weight excluding hydrogens is 300 g/mol. The molecule has 0 amide bonds. The minimum absolute atomic E-state index is 0.319. The van der Waals surface area contributed by atoms with Gasteiger partial charge in [-0.25, -0.2) is 9.97 Å². The molecule has 6 nitrogen and oxygen atoms in total. The van der Waals surface area contributed by atoms with Gasteiger partial charge in [0.15, 0.2) is 0 Å². The molecule has 0 atom stereocenters. The second-order valence-electron chi connectivity index (χ2n) is 6.49. The fourth-order valence-corrected chi connectivity index (χ4v) is 2.76. The van der Waals surface area contributed by atoms with Gasteiger partial charge in [-0.15, -0.1) is 0 Å². The molecule has 0 aliphatic carbocycles. The summed E-state index contributed by atoms with van der Waals surface area (Å²) in [6, 6.07) is 4.04. The number of nitrogens with zero attached hydrogens (tertiary/aromatic N) is 4. The van der Waals surface area contributed by atoms with E-state index in [9.17, 15) is 0 Å². The third-order valence-corrected chi connectivity index (χ3v) is 4.21. The van der Waals surface area contributed by atoms with E-state index >= 15 is 0 Å². The highest BCUT2D eigenvalue weighted by Gasteiger charge is 2.15. The Balaban J connectivity index is 1.75. The van der Waals surface area contributed by atoms with Crippen LogP contribution in [0.3, 0.4) is 0 Å². The maximum Gasteiger partial charge on any atom is 0.134 e. The molecule has 1 aliphatic heterocycles. The molecule has 2 aromatic heterocycles. The molecule has 1 aliphatic rings. The quantitative estimate of drug-likeness (QED) is 0.846. The first-order valence-electron chi connectivity index (χ1n) is 8.64. The van der Waals surface area contributed by atoms with Crippen LogP contribution in [0.5, 0.6) is 0 Å². The molecule has 128 valence electrons. The van der Waals surface area contributed by atoms with E-state index in [1.807, 2.05) is 30.7 Å². The third-order valence-electron chi connectivity index (χ3n) is 4.21. The number of rotatable bonds is 6. The third kappa shape index (κ3) is 4.49. The van der Waals surface area contributed by atoms with Crippen LogP contribution >= 0.6 is 0 Å². The Bertz CT molecular complexity index is 637. The van der Waals surface area contributed by atoms with E-state index in [-0.39, 0.29) is 0 Å². The van der Waals surface area contributed by atoms with Gasteiger partial charge in [0.2, 0.25) is 0 Å². The van der Waals surface area contributed by atoms with E-state index in [0.29, 0.717) is 5.92 Å². The first-order chi connectivity index (χ1) is 11.7. The van der Waals surface area contributed by atoms with Crippen molar-refractivity contribution in [2.45, 2.75) is 32.9 Å². The van der Waals surface area contributed by atoms with Crippen molar-refractivity contribution in [3.05, 3.63) is 47.7 Å². The number of aromatic nitrogens is 3. The van der Waals surface area contributed by atoms with Crippen LogP contribution < -0.4 is 10.6 Å². The van der Waals surface area contributed by atoms with Crippen molar-refractivity contribution in [2.24, 2.45) is 0 Å².